The predicted molar refractivity (Wildman–Crippen MR) is 110 cm³/mol. The number of hydrogen-bond acceptors (Lipinski definition) is 5. The quantitative estimate of drug-likeness (QED) is 0.665. The second-order valence-corrected chi connectivity index (χ2v) is 7.31. The van der Waals surface area contributed by atoms with Crippen molar-refractivity contribution in [2.75, 3.05) is 25.7 Å². The summed E-state index contributed by atoms with van der Waals surface area (Å²) in [6, 6.07) is 11.8. The standard InChI is InChI=1S/C20H20BrN3O5/c1-28-15-7-8-16(17(10-15)29-2)24-11-13(9-18(24)25)20(27)23-22-19(26)12-3-5-14(21)6-4-12/h3-8,10,13H,9,11H2,1-2H3,(H,22,26)(H,23,27)/t13-/m1/s1. The van der Waals surface area contributed by atoms with Crippen molar-refractivity contribution in [2.45, 2.75) is 6.42 Å². The fraction of sp³-hybridized carbons (Fsp3) is 0.250. The van der Waals surface area contributed by atoms with Crippen LogP contribution in [0.1, 0.15) is 16.8 Å². The highest BCUT2D eigenvalue weighted by molar-refractivity contribution is 9.10. The summed E-state index contributed by atoms with van der Waals surface area (Å²) in [4.78, 5) is 38.5. The van der Waals surface area contributed by atoms with Gasteiger partial charge in [-0.2, -0.15) is 0 Å². The Balaban J connectivity index is 1.63. The number of anilines is 1. The molecule has 1 aliphatic heterocycles. The fourth-order valence-corrected chi connectivity index (χ4v) is 3.28. The number of nitrogens with zero attached hydrogens (tertiary/aromatic N) is 1. The summed E-state index contributed by atoms with van der Waals surface area (Å²) in [5, 5.41) is 0. The Morgan fingerprint density at radius 3 is 2.45 bits per heavy atom. The largest absolute Gasteiger partial charge is 0.497 e. The van der Waals surface area contributed by atoms with E-state index < -0.39 is 17.7 Å². The average Bonchev–Trinajstić information content (AvgIpc) is 3.13. The number of hydrogen-bond donors (Lipinski definition) is 2. The molecule has 29 heavy (non-hydrogen) atoms. The van der Waals surface area contributed by atoms with Crippen LogP contribution in [-0.4, -0.2) is 38.5 Å². The predicted octanol–water partition coefficient (Wildman–Crippen LogP) is 2.28. The van der Waals surface area contributed by atoms with Gasteiger partial charge in [0.1, 0.15) is 11.5 Å². The number of amides is 3. The van der Waals surface area contributed by atoms with Gasteiger partial charge in [0.05, 0.1) is 25.8 Å². The van der Waals surface area contributed by atoms with E-state index in [1.807, 2.05) is 0 Å². The smallest absolute Gasteiger partial charge is 0.269 e. The van der Waals surface area contributed by atoms with Crippen LogP contribution in [0.4, 0.5) is 5.69 Å². The number of carbonyl (C=O) groups is 3. The van der Waals surface area contributed by atoms with Crippen molar-refractivity contribution in [3.05, 3.63) is 52.5 Å². The molecule has 1 saturated heterocycles. The number of ether oxygens (including phenoxy) is 2. The van der Waals surface area contributed by atoms with Crippen LogP contribution < -0.4 is 25.2 Å². The summed E-state index contributed by atoms with van der Waals surface area (Å²) in [6.45, 7) is 0.182. The van der Waals surface area contributed by atoms with E-state index in [1.54, 1.807) is 49.6 Å². The Bertz CT molecular complexity index is 932. The molecule has 2 N–H and O–H groups in total. The van der Waals surface area contributed by atoms with Gasteiger partial charge in [0.2, 0.25) is 11.8 Å². The molecule has 1 heterocycles. The molecular formula is C20H20BrN3O5. The second-order valence-electron chi connectivity index (χ2n) is 6.39. The third-order valence-corrected chi connectivity index (χ3v) is 5.11. The first kappa shape index (κ1) is 20.7. The van der Waals surface area contributed by atoms with Crippen molar-refractivity contribution in [2.24, 2.45) is 5.92 Å². The van der Waals surface area contributed by atoms with Crippen LogP contribution in [0.2, 0.25) is 0 Å². The Morgan fingerprint density at radius 1 is 1.07 bits per heavy atom. The van der Waals surface area contributed by atoms with Crippen LogP contribution in [-0.2, 0) is 9.59 Å². The van der Waals surface area contributed by atoms with E-state index in [1.165, 1.54) is 12.0 Å². The summed E-state index contributed by atoms with van der Waals surface area (Å²) in [5.74, 6) is -0.598. The topological polar surface area (TPSA) is 97.0 Å². The molecule has 0 spiro atoms. The molecule has 0 aliphatic carbocycles. The Kier molecular flexibility index (Phi) is 6.38. The molecule has 8 nitrogen and oxygen atoms in total. The van der Waals surface area contributed by atoms with E-state index >= 15 is 0 Å². The number of carbonyl (C=O) groups excluding carboxylic acids is 3. The number of rotatable bonds is 5. The van der Waals surface area contributed by atoms with Crippen molar-refractivity contribution < 1.29 is 23.9 Å². The minimum atomic E-state index is -0.598. The summed E-state index contributed by atoms with van der Waals surface area (Å²) in [7, 11) is 3.04. The highest BCUT2D eigenvalue weighted by Gasteiger charge is 2.36. The van der Waals surface area contributed by atoms with Gasteiger partial charge in [-0.15, -0.1) is 0 Å². The van der Waals surface area contributed by atoms with Crippen molar-refractivity contribution in [1.29, 1.82) is 0 Å². The lowest BCUT2D eigenvalue weighted by atomic mass is 10.1. The third-order valence-electron chi connectivity index (χ3n) is 4.58. The van der Waals surface area contributed by atoms with E-state index in [0.717, 1.165) is 4.47 Å². The number of methoxy groups -OCH3 is 2. The van der Waals surface area contributed by atoms with Gasteiger partial charge < -0.3 is 14.4 Å². The molecule has 1 atom stereocenters. The van der Waals surface area contributed by atoms with Gasteiger partial charge in [0.25, 0.3) is 5.91 Å². The Labute approximate surface area is 176 Å². The zero-order valence-corrected chi connectivity index (χ0v) is 17.5. The lowest BCUT2D eigenvalue weighted by Crippen LogP contribution is -2.45. The molecular weight excluding hydrogens is 442 g/mol. The van der Waals surface area contributed by atoms with E-state index in [9.17, 15) is 14.4 Å². The SMILES string of the molecule is COc1ccc(N2C[C@H](C(=O)NNC(=O)c3ccc(Br)cc3)CC2=O)c(OC)c1. The number of benzene rings is 2. The van der Waals surface area contributed by atoms with Crippen molar-refractivity contribution in [3.63, 3.8) is 0 Å². The van der Waals surface area contributed by atoms with Crippen LogP contribution in [0.25, 0.3) is 0 Å². The van der Waals surface area contributed by atoms with E-state index in [0.29, 0.717) is 22.7 Å². The van der Waals surface area contributed by atoms with E-state index in [4.69, 9.17) is 9.47 Å². The highest BCUT2D eigenvalue weighted by atomic mass is 79.9. The van der Waals surface area contributed by atoms with Gasteiger partial charge in [-0.1, -0.05) is 15.9 Å². The Hall–Kier alpha value is -3.07. The molecule has 0 aromatic heterocycles. The molecule has 3 rings (SSSR count). The molecule has 9 heteroatoms. The van der Waals surface area contributed by atoms with Crippen molar-refractivity contribution in [3.8, 4) is 11.5 Å². The highest BCUT2D eigenvalue weighted by Crippen LogP contribution is 2.35. The number of nitrogens with one attached hydrogen (secondary N) is 2. The van der Waals surface area contributed by atoms with Gasteiger partial charge in [-0.05, 0) is 36.4 Å². The molecule has 0 radical (unpaired) electrons. The molecule has 2 aromatic rings. The van der Waals surface area contributed by atoms with Crippen molar-refractivity contribution in [1.82, 2.24) is 10.9 Å². The number of halogens is 1. The van der Waals surface area contributed by atoms with Crippen LogP contribution in [0.3, 0.4) is 0 Å². The average molecular weight is 462 g/mol. The van der Waals surface area contributed by atoms with Gasteiger partial charge >= 0.3 is 0 Å². The third kappa shape index (κ3) is 4.68. The summed E-state index contributed by atoms with van der Waals surface area (Å²) in [6.07, 6.45) is 0.0369. The van der Waals surface area contributed by atoms with Crippen molar-refractivity contribution >= 4 is 39.3 Å². The fourth-order valence-electron chi connectivity index (χ4n) is 3.02. The Morgan fingerprint density at radius 2 is 1.79 bits per heavy atom. The summed E-state index contributed by atoms with van der Waals surface area (Å²) >= 11 is 3.30. The van der Waals surface area contributed by atoms with Crippen LogP contribution >= 0.6 is 15.9 Å². The lowest BCUT2D eigenvalue weighted by Gasteiger charge is -2.20. The normalized spacial score (nSPS) is 15.8. The van der Waals surface area contributed by atoms with Crippen LogP contribution in [0.15, 0.2) is 46.9 Å². The van der Waals surface area contributed by atoms with Gasteiger partial charge in [0.15, 0.2) is 0 Å². The molecule has 3 amide bonds. The molecule has 1 fully saturated rings. The monoisotopic (exact) mass is 461 g/mol. The van der Waals surface area contributed by atoms with E-state index in [2.05, 4.69) is 26.8 Å². The minimum Gasteiger partial charge on any atom is -0.497 e. The van der Waals surface area contributed by atoms with Crippen LogP contribution in [0, 0.1) is 5.92 Å². The van der Waals surface area contributed by atoms with Gasteiger partial charge in [0, 0.05) is 29.1 Å². The summed E-state index contributed by atoms with van der Waals surface area (Å²) in [5.41, 5.74) is 5.74. The molecule has 1 aliphatic rings. The lowest BCUT2D eigenvalue weighted by molar-refractivity contribution is -0.126. The minimum absolute atomic E-state index is 0.0369. The molecule has 152 valence electrons. The second kappa shape index (κ2) is 8.95. The first-order chi connectivity index (χ1) is 13.9. The summed E-state index contributed by atoms with van der Waals surface area (Å²) < 4.78 is 11.4. The molecule has 0 saturated carbocycles. The maximum Gasteiger partial charge on any atom is 0.269 e. The first-order valence-electron chi connectivity index (χ1n) is 8.81. The number of hydrazine groups is 1. The van der Waals surface area contributed by atoms with Gasteiger partial charge in [-0.25, -0.2) is 0 Å². The van der Waals surface area contributed by atoms with Crippen LogP contribution in [0.5, 0.6) is 11.5 Å². The zero-order chi connectivity index (χ0) is 21.0. The molecule has 2 aromatic carbocycles. The maximum absolute atomic E-state index is 12.5. The molecule has 0 unspecified atom stereocenters. The zero-order valence-electron chi connectivity index (χ0n) is 15.9. The van der Waals surface area contributed by atoms with E-state index in [-0.39, 0.29) is 18.9 Å². The molecule has 0 bridgehead atoms. The maximum atomic E-state index is 12.5. The van der Waals surface area contributed by atoms with Gasteiger partial charge in [-0.3, -0.25) is 25.2 Å². The first-order valence-corrected chi connectivity index (χ1v) is 9.60.